The Morgan fingerprint density at radius 1 is 1.14 bits per heavy atom. The fraction of sp³-hybridized carbons (Fsp3) is 0.100. The van der Waals surface area contributed by atoms with Gasteiger partial charge in [-0.2, -0.15) is 0 Å². The van der Waals surface area contributed by atoms with Crippen LogP contribution in [0.4, 0.5) is 21.6 Å². The molecule has 0 fully saturated rings. The number of carbonyl (C=O) groups excluding carboxylic acids is 1. The molecule has 0 saturated carbocycles. The first-order valence-electron chi connectivity index (χ1n) is 8.52. The number of rotatable bonds is 3. The largest absolute Gasteiger partial charge is 0.505 e. The van der Waals surface area contributed by atoms with Crippen LogP contribution in [0.3, 0.4) is 0 Å². The zero-order valence-corrected chi connectivity index (χ0v) is 14.6. The Balaban J connectivity index is 1.68. The van der Waals surface area contributed by atoms with Gasteiger partial charge < -0.3 is 25.2 Å². The molecule has 0 atom stereocenters. The lowest BCUT2D eigenvalue weighted by Gasteiger charge is -2.31. The van der Waals surface area contributed by atoms with Crippen LogP contribution in [-0.4, -0.2) is 34.3 Å². The third-order valence-electron chi connectivity index (χ3n) is 4.32. The summed E-state index contributed by atoms with van der Waals surface area (Å²) in [5.74, 6) is -1.09. The van der Waals surface area contributed by atoms with Gasteiger partial charge in [0.1, 0.15) is 6.61 Å². The highest BCUT2D eigenvalue weighted by atomic mass is 19.1. The van der Waals surface area contributed by atoms with Crippen LogP contribution >= 0.6 is 0 Å². The molecular weight excluding hydrogens is 365 g/mol. The average Bonchev–Trinajstić information content (AvgIpc) is 2.70. The van der Waals surface area contributed by atoms with E-state index in [0.29, 0.717) is 30.4 Å². The number of benzene rings is 2. The minimum Gasteiger partial charge on any atom is -0.505 e. The second-order valence-corrected chi connectivity index (χ2v) is 6.12. The summed E-state index contributed by atoms with van der Waals surface area (Å²) in [4.78, 5) is 18.7. The standard InChI is InChI=1S/C20H16FN3O4/c21-14-11-12(6-7-16(14)25)23-20(27)13-3-1-4-15-18(13)28-10-9-24(15)19-17(26)5-2-8-22-19/h1-8,11,25-26H,9-10H2,(H,23,27). The Morgan fingerprint density at radius 3 is 2.79 bits per heavy atom. The van der Waals surface area contributed by atoms with Crippen molar-refractivity contribution in [2.75, 3.05) is 23.4 Å². The summed E-state index contributed by atoms with van der Waals surface area (Å²) < 4.78 is 19.2. The SMILES string of the molecule is O=C(Nc1ccc(O)c(F)c1)c1cccc2c1OCCN2c1ncccc1O. The van der Waals surface area contributed by atoms with Crippen molar-refractivity contribution in [1.82, 2.24) is 4.98 Å². The quantitative estimate of drug-likeness (QED) is 0.602. The van der Waals surface area contributed by atoms with Crippen molar-refractivity contribution in [2.24, 2.45) is 0 Å². The number of nitrogens with one attached hydrogen (secondary N) is 1. The van der Waals surface area contributed by atoms with Crippen LogP contribution in [0, 0.1) is 5.82 Å². The van der Waals surface area contributed by atoms with Gasteiger partial charge in [0.2, 0.25) is 0 Å². The molecule has 0 bridgehead atoms. The van der Waals surface area contributed by atoms with Gasteiger partial charge in [0.25, 0.3) is 5.91 Å². The molecule has 1 amide bonds. The molecular formula is C20H16FN3O4. The number of para-hydroxylation sites is 1. The van der Waals surface area contributed by atoms with Crippen molar-refractivity contribution in [2.45, 2.75) is 0 Å². The topological polar surface area (TPSA) is 94.9 Å². The van der Waals surface area contributed by atoms with E-state index in [0.717, 1.165) is 12.1 Å². The molecule has 1 aromatic heterocycles. The van der Waals surface area contributed by atoms with Gasteiger partial charge in [0.05, 0.1) is 17.8 Å². The molecule has 1 aliphatic heterocycles. The Kier molecular flexibility index (Phi) is 4.44. The summed E-state index contributed by atoms with van der Waals surface area (Å²) in [7, 11) is 0. The van der Waals surface area contributed by atoms with Gasteiger partial charge in [-0.25, -0.2) is 9.37 Å². The summed E-state index contributed by atoms with van der Waals surface area (Å²) in [6, 6.07) is 11.8. The van der Waals surface area contributed by atoms with Crippen LogP contribution < -0.4 is 15.0 Å². The van der Waals surface area contributed by atoms with Gasteiger partial charge in [-0.3, -0.25) is 4.79 Å². The molecule has 7 nitrogen and oxygen atoms in total. The fourth-order valence-electron chi connectivity index (χ4n) is 3.03. The van der Waals surface area contributed by atoms with Gasteiger partial charge in [-0.05, 0) is 36.4 Å². The number of hydrogen-bond donors (Lipinski definition) is 3. The number of nitrogens with zero attached hydrogens (tertiary/aromatic N) is 2. The first-order chi connectivity index (χ1) is 13.5. The number of pyridine rings is 1. The third-order valence-corrected chi connectivity index (χ3v) is 4.32. The number of phenols is 1. The van der Waals surface area contributed by atoms with Crippen LogP contribution in [-0.2, 0) is 0 Å². The molecule has 0 aliphatic carbocycles. The summed E-state index contributed by atoms with van der Waals surface area (Å²) in [5.41, 5.74) is 1.05. The van der Waals surface area contributed by atoms with E-state index in [1.54, 1.807) is 35.4 Å². The van der Waals surface area contributed by atoms with E-state index in [9.17, 15) is 19.4 Å². The number of anilines is 3. The molecule has 2 aromatic carbocycles. The third kappa shape index (κ3) is 3.16. The van der Waals surface area contributed by atoms with Crippen molar-refractivity contribution in [3.05, 3.63) is 66.1 Å². The Hall–Kier alpha value is -3.81. The molecule has 0 unspecified atom stereocenters. The highest BCUT2D eigenvalue weighted by Crippen LogP contribution is 2.41. The number of aromatic nitrogens is 1. The predicted octanol–water partition coefficient (Wildman–Crippen LogP) is 3.41. The first kappa shape index (κ1) is 17.6. The van der Waals surface area contributed by atoms with E-state index in [4.69, 9.17) is 4.74 Å². The molecule has 3 N–H and O–H groups in total. The van der Waals surface area contributed by atoms with Crippen molar-refractivity contribution in [3.8, 4) is 17.2 Å². The minimum atomic E-state index is -0.832. The summed E-state index contributed by atoms with van der Waals surface area (Å²) in [5, 5.41) is 22.0. The molecule has 0 saturated heterocycles. The van der Waals surface area contributed by atoms with Gasteiger partial charge in [0.15, 0.2) is 28.9 Å². The smallest absolute Gasteiger partial charge is 0.259 e. The molecule has 8 heteroatoms. The predicted molar refractivity (Wildman–Crippen MR) is 101 cm³/mol. The number of hydrogen-bond acceptors (Lipinski definition) is 6. The number of aromatic hydroxyl groups is 2. The van der Waals surface area contributed by atoms with Gasteiger partial charge >= 0.3 is 0 Å². The lowest BCUT2D eigenvalue weighted by Crippen LogP contribution is -2.30. The maximum Gasteiger partial charge on any atom is 0.259 e. The van der Waals surface area contributed by atoms with Gasteiger partial charge in [-0.15, -0.1) is 0 Å². The second kappa shape index (κ2) is 7.07. The highest BCUT2D eigenvalue weighted by molar-refractivity contribution is 6.07. The fourth-order valence-corrected chi connectivity index (χ4v) is 3.03. The zero-order valence-electron chi connectivity index (χ0n) is 14.6. The average molecular weight is 381 g/mol. The normalized spacial score (nSPS) is 12.8. The molecule has 0 radical (unpaired) electrons. The summed E-state index contributed by atoms with van der Waals surface area (Å²) in [6.07, 6.45) is 1.57. The van der Waals surface area contributed by atoms with Crippen LogP contribution in [0.25, 0.3) is 0 Å². The van der Waals surface area contributed by atoms with Crippen LogP contribution in [0.1, 0.15) is 10.4 Å². The lowest BCUT2D eigenvalue weighted by molar-refractivity contribution is 0.102. The van der Waals surface area contributed by atoms with Crippen LogP contribution in [0.5, 0.6) is 17.2 Å². The maximum absolute atomic E-state index is 13.5. The molecule has 0 spiro atoms. The van der Waals surface area contributed by atoms with Gasteiger partial charge in [0, 0.05) is 18.0 Å². The van der Waals surface area contributed by atoms with E-state index in [1.165, 1.54) is 12.1 Å². The summed E-state index contributed by atoms with van der Waals surface area (Å²) >= 11 is 0. The van der Waals surface area contributed by atoms with Crippen molar-refractivity contribution in [1.29, 1.82) is 0 Å². The first-order valence-corrected chi connectivity index (χ1v) is 8.52. The highest BCUT2D eigenvalue weighted by Gasteiger charge is 2.27. The Labute approximate surface area is 159 Å². The van der Waals surface area contributed by atoms with Crippen molar-refractivity contribution >= 4 is 23.1 Å². The number of amides is 1. The number of phenolic OH excluding ortho intramolecular Hbond substituents is 1. The zero-order chi connectivity index (χ0) is 19.7. The van der Waals surface area contributed by atoms with Crippen LogP contribution in [0.2, 0.25) is 0 Å². The van der Waals surface area contributed by atoms with E-state index in [-0.39, 0.29) is 17.0 Å². The summed E-state index contributed by atoms with van der Waals surface area (Å²) in [6.45, 7) is 0.743. The molecule has 142 valence electrons. The monoisotopic (exact) mass is 381 g/mol. The maximum atomic E-state index is 13.5. The molecule has 2 heterocycles. The van der Waals surface area contributed by atoms with Crippen molar-refractivity contribution < 1.29 is 24.1 Å². The van der Waals surface area contributed by atoms with Crippen molar-refractivity contribution in [3.63, 3.8) is 0 Å². The van der Waals surface area contributed by atoms with E-state index < -0.39 is 17.5 Å². The number of ether oxygens (including phenoxy) is 1. The van der Waals surface area contributed by atoms with E-state index in [2.05, 4.69) is 10.3 Å². The van der Waals surface area contributed by atoms with E-state index >= 15 is 0 Å². The molecule has 28 heavy (non-hydrogen) atoms. The van der Waals surface area contributed by atoms with Gasteiger partial charge in [-0.1, -0.05) is 6.07 Å². The lowest BCUT2D eigenvalue weighted by atomic mass is 10.1. The second-order valence-electron chi connectivity index (χ2n) is 6.12. The number of carbonyl (C=O) groups is 1. The van der Waals surface area contributed by atoms with Crippen LogP contribution in [0.15, 0.2) is 54.7 Å². The molecule has 4 rings (SSSR count). The Bertz CT molecular complexity index is 1060. The Morgan fingerprint density at radius 2 is 2.00 bits per heavy atom. The van der Waals surface area contributed by atoms with E-state index in [1.807, 2.05) is 0 Å². The molecule has 3 aromatic rings. The minimum absolute atomic E-state index is 0.0183. The number of fused-ring (bicyclic) bond motifs is 1. The number of halogens is 1. The molecule has 1 aliphatic rings.